The number of nitrogens with one attached hydrogen (secondary N) is 2. The maximum Gasteiger partial charge on any atom is 0.304 e. The number of carboxylic acid groups (broad SMARTS) is 1. The first-order chi connectivity index (χ1) is 14.5. The van der Waals surface area contributed by atoms with E-state index in [1.165, 1.54) is 6.07 Å². The van der Waals surface area contributed by atoms with Crippen LogP contribution >= 0.6 is 0 Å². The second-order valence-corrected chi connectivity index (χ2v) is 6.86. The van der Waals surface area contributed by atoms with Gasteiger partial charge in [0.15, 0.2) is 5.82 Å². The van der Waals surface area contributed by atoms with E-state index >= 15 is 0 Å². The normalized spacial score (nSPS) is 11.9. The van der Waals surface area contributed by atoms with Crippen molar-refractivity contribution in [1.29, 1.82) is 0 Å². The minimum atomic E-state index is -1.07. The molecule has 0 fully saturated rings. The quantitative estimate of drug-likeness (QED) is 0.440. The van der Waals surface area contributed by atoms with Crippen molar-refractivity contribution in [2.45, 2.75) is 12.3 Å². The number of anilines is 1. The van der Waals surface area contributed by atoms with Crippen LogP contribution in [-0.4, -0.2) is 27.2 Å². The smallest absolute Gasteiger partial charge is 0.304 e. The summed E-state index contributed by atoms with van der Waals surface area (Å²) in [5.41, 5.74) is 2.37. The molecule has 6 nitrogen and oxygen atoms in total. The van der Waals surface area contributed by atoms with Crippen molar-refractivity contribution in [3.63, 3.8) is 0 Å². The fourth-order valence-electron chi connectivity index (χ4n) is 3.40. The van der Waals surface area contributed by atoms with Crippen LogP contribution in [-0.2, 0) is 9.59 Å². The Hall–Kier alpha value is -4.00. The molecule has 4 rings (SSSR count). The molecule has 4 aromatic rings. The Bertz CT molecular complexity index is 1220. The van der Waals surface area contributed by atoms with Gasteiger partial charge in [0.1, 0.15) is 5.82 Å². The molecule has 30 heavy (non-hydrogen) atoms. The topological polar surface area (TPSA) is 95.1 Å². The molecule has 1 aromatic heterocycles. The molecule has 1 unspecified atom stereocenters. The van der Waals surface area contributed by atoms with Gasteiger partial charge in [-0.25, -0.2) is 4.39 Å². The fraction of sp³-hybridized carbons (Fsp3) is 0.0870. The van der Waals surface area contributed by atoms with Gasteiger partial charge in [-0.2, -0.15) is 5.10 Å². The average molecular weight is 403 g/mol. The number of aliphatic carboxylic acids is 1. The van der Waals surface area contributed by atoms with Crippen molar-refractivity contribution in [2.75, 3.05) is 5.32 Å². The number of aromatic nitrogens is 2. The van der Waals surface area contributed by atoms with E-state index in [1.54, 1.807) is 66.7 Å². The number of amides is 1. The van der Waals surface area contributed by atoms with Crippen molar-refractivity contribution in [1.82, 2.24) is 10.2 Å². The molecule has 0 spiro atoms. The second-order valence-electron chi connectivity index (χ2n) is 6.86. The third-order valence-electron chi connectivity index (χ3n) is 4.89. The first-order valence-electron chi connectivity index (χ1n) is 9.33. The predicted octanol–water partition coefficient (Wildman–Crippen LogP) is 4.57. The third-order valence-corrected chi connectivity index (χ3v) is 4.89. The van der Waals surface area contributed by atoms with Crippen molar-refractivity contribution in [2.24, 2.45) is 0 Å². The van der Waals surface area contributed by atoms with Gasteiger partial charge in [-0.05, 0) is 29.3 Å². The van der Waals surface area contributed by atoms with E-state index < -0.39 is 17.8 Å². The van der Waals surface area contributed by atoms with Crippen LogP contribution in [0.1, 0.15) is 17.9 Å². The Kier molecular flexibility index (Phi) is 5.26. The summed E-state index contributed by atoms with van der Waals surface area (Å²) in [6.45, 7) is 0. The van der Waals surface area contributed by atoms with Crippen molar-refractivity contribution >= 4 is 28.6 Å². The molecule has 0 saturated heterocycles. The first-order valence-corrected chi connectivity index (χ1v) is 9.33. The highest BCUT2D eigenvalue weighted by atomic mass is 19.1. The molecule has 0 aliphatic heterocycles. The van der Waals surface area contributed by atoms with E-state index in [0.29, 0.717) is 33.4 Å². The van der Waals surface area contributed by atoms with Crippen LogP contribution < -0.4 is 5.32 Å². The van der Waals surface area contributed by atoms with E-state index in [4.69, 9.17) is 0 Å². The molecule has 0 saturated carbocycles. The molecule has 150 valence electrons. The minimum Gasteiger partial charge on any atom is -0.481 e. The summed E-state index contributed by atoms with van der Waals surface area (Å²) < 4.78 is 14.1. The molecular formula is C23H18FN3O3. The Morgan fingerprint density at radius 1 is 1.03 bits per heavy atom. The lowest BCUT2D eigenvalue weighted by atomic mass is 9.95. The number of fused-ring (bicyclic) bond motifs is 1. The number of nitrogens with zero attached hydrogens (tertiary/aromatic N) is 1. The second kappa shape index (κ2) is 8.16. The lowest BCUT2D eigenvalue weighted by molar-refractivity contribution is -0.139. The van der Waals surface area contributed by atoms with Gasteiger partial charge in [0.05, 0.1) is 17.9 Å². The van der Waals surface area contributed by atoms with Gasteiger partial charge < -0.3 is 10.4 Å². The Balaban J connectivity index is 1.62. The molecule has 7 heteroatoms. The molecule has 0 aliphatic rings. The first kappa shape index (κ1) is 19.3. The Morgan fingerprint density at radius 2 is 1.77 bits per heavy atom. The van der Waals surface area contributed by atoms with Crippen LogP contribution in [0.4, 0.5) is 10.2 Å². The number of halogens is 1. The van der Waals surface area contributed by atoms with Crippen molar-refractivity contribution in [3.05, 3.63) is 84.2 Å². The number of rotatable bonds is 6. The van der Waals surface area contributed by atoms with E-state index in [9.17, 15) is 19.1 Å². The highest BCUT2D eigenvalue weighted by Crippen LogP contribution is 2.29. The molecule has 0 radical (unpaired) electrons. The predicted molar refractivity (Wildman–Crippen MR) is 112 cm³/mol. The molecule has 0 bridgehead atoms. The van der Waals surface area contributed by atoms with Gasteiger partial charge in [0.2, 0.25) is 5.91 Å². The Morgan fingerprint density at radius 3 is 2.50 bits per heavy atom. The molecule has 1 amide bonds. The number of carbonyl (C=O) groups excluding carboxylic acids is 1. The highest BCUT2D eigenvalue weighted by molar-refractivity contribution is 6.03. The van der Waals surface area contributed by atoms with E-state index in [2.05, 4.69) is 15.5 Å². The minimum absolute atomic E-state index is 0.293. The number of carboxylic acids is 1. The number of hydrogen-bond donors (Lipinski definition) is 3. The summed E-state index contributed by atoms with van der Waals surface area (Å²) >= 11 is 0. The number of benzene rings is 3. The van der Waals surface area contributed by atoms with Gasteiger partial charge in [0.25, 0.3) is 0 Å². The van der Waals surface area contributed by atoms with Crippen LogP contribution in [0.3, 0.4) is 0 Å². The summed E-state index contributed by atoms with van der Waals surface area (Å²) in [5, 5.41) is 19.6. The maximum absolute atomic E-state index is 14.1. The average Bonchev–Trinajstić information content (AvgIpc) is 3.14. The monoisotopic (exact) mass is 403 g/mol. The summed E-state index contributed by atoms with van der Waals surface area (Å²) in [6, 6.07) is 20.5. The summed E-state index contributed by atoms with van der Waals surface area (Å²) in [6.07, 6.45) is -0.338. The third kappa shape index (κ3) is 3.91. The van der Waals surface area contributed by atoms with Gasteiger partial charge in [0, 0.05) is 10.9 Å². The van der Waals surface area contributed by atoms with Crippen LogP contribution in [0, 0.1) is 5.82 Å². The summed E-state index contributed by atoms with van der Waals surface area (Å²) in [7, 11) is 0. The van der Waals surface area contributed by atoms with Crippen LogP contribution in [0.15, 0.2) is 72.8 Å². The standard InChI is InChI=1S/C23H18FN3O3/c24-19-9-5-4-8-16(19)15-10-11-17-20(12-15)26-27-22(17)25-23(30)18(13-21(28)29)14-6-2-1-3-7-14/h1-12,18H,13H2,(H,28,29)(H2,25,26,27,30). The van der Waals surface area contributed by atoms with E-state index in [-0.39, 0.29) is 12.2 Å². The molecule has 1 heterocycles. The molecular weight excluding hydrogens is 385 g/mol. The largest absolute Gasteiger partial charge is 0.481 e. The van der Waals surface area contributed by atoms with Crippen LogP contribution in [0.25, 0.3) is 22.0 Å². The van der Waals surface area contributed by atoms with Gasteiger partial charge in [-0.3, -0.25) is 14.7 Å². The number of hydrogen-bond acceptors (Lipinski definition) is 3. The van der Waals surface area contributed by atoms with Gasteiger partial charge in [-0.15, -0.1) is 0 Å². The van der Waals surface area contributed by atoms with Crippen LogP contribution in [0.2, 0.25) is 0 Å². The zero-order chi connectivity index (χ0) is 21.1. The molecule has 3 N–H and O–H groups in total. The van der Waals surface area contributed by atoms with Crippen molar-refractivity contribution in [3.8, 4) is 11.1 Å². The lowest BCUT2D eigenvalue weighted by Gasteiger charge is -2.14. The van der Waals surface area contributed by atoms with E-state index in [1.807, 2.05) is 0 Å². The molecule has 3 aromatic carbocycles. The van der Waals surface area contributed by atoms with Gasteiger partial charge >= 0.3 is 5.97 Å². The van der Waals surface area contributed by atoms with Gasteiger partial charge in [-0.1, -0.05) is 54.6 Å². The fourth-order valence-corrected chi connectivity index (χ4v) is 3.40. The summed E-state index contributed by atoms with van der Waals surface area (Å²) in [5.74, 6) is -2.42. The number of aromatic amines is 1. The van der Waals surface area contributed by atoms with Crippen molar-refractivity contribution < 1.29 is 19.1 Å². The number of H-pyrrole nitrogens is 1. The lowest BCUT2D eigenvalue weighted by Crippen LogP contribution is -2.23. The molecule has 0 aliphatic carbocycles. The maximum atomic E-state index is 14.1. The molecule has 1 atom stereocenters. The van der Waals surface area contributed by atoms with Crippen LogP contribution in [0.5, 0.6) is 0 Å². The summed E-state index contributed by atoms with van der Waals surface area (Å²) in [4.78, 5) is 24.1. The zero-order valence-corrected chi connectivity index (χ0v) is 15.8. The van der Waals surface area contributed by atoms with E-state index in [0.717, 1.165) is 0 Å². The number of carbonyl (C=O) groups is 2. The highest BCUT2D eigenvalue weighted by Gasteiger charge is 2.25. The SMILES string of the molecule is O=C(O)CC(C(=O)Nc1n[nH]c2cc(-c3ccccc3F)ccc12)c1ccccc1. The Labute approximate surface area is 171 Å². The zero-order valence-electron chi connectivity index (χ0n) is 15.8.